The van der Waals surface area contributed by atoms with E-state index in [9.17, 15) is 0 Å². The SMILES string of the molecule is NC(=NO)c1cc2ncn(CC3CCO3)c2nn1. The lowest BCUT2D eigenvalue weighted by atomic mass is 10.2. The largest absolute Gasteiger partial charge is 0.409 e. The Hall–Kier alpha value is -2.22. The molecule has 3 N–H and O–H groups in total. The molecule has 3 heterocycles. The van der Waals surface area contributed by atoms with E-state index >= 15 is 0 Å². The van der Waals surface area contributed by atoms with E-state index in [1.54, 1.807) is 12.4 Å². The molecule has 1 fully saturated rings. The van der Waals surface area contributed by atoms with E-state index < -0.39 is 0 Å². The van der Waals surface area contributed by atoms with Gasteiger partial charge in [-0.3, -0.25) is 0 Å². The van der Waals surface area contributed by atoms with E-state index in [1.807, 2.05) is 4.57 Å². The van der Waals surface area contributed by atoms with Gasteiger partial charge in [0.2, 0.25) is 0 Å². The quantitative estimate of drug-likeness (QED) is 0.334. The number of rotatable bonds is 3. The minimum Gasteiger partial charge on any atom is -0.409 e. The Bertz CT molecular complexity index is 603. The maximum atomic E-state index is 8.58. The molecule has 0 bridgehead atoms. The maximum absolute atomic E-state index is 8.58. The van der Waals surface area contributed by atoms with Gasteiger partial charge in [0.1, 0.15) is 11.2 Å². The summed E-state index contributed by atoms with van der Waals surface area (Å²) in [5.41, 5.74) is 7.07. The number of hydrogen-bond donors (Lipinski definition) is 2. The number of aromatic nitrogens is 4. The second-order valence-electron chi connectivity index (χ2n) is 4.10. The van der Waals surface area contributed by atoms with Crippen molar-refractivity contribution in [1.29, 1.82) is 0 Å². The molecule has 1 aliphatic rings. The fourth-order valence-corrected chi connectivity index (χ4v) is 1.82. The van der Waals surface area contributed by atoms with Crippen LogP contribution in [0.15, 0.2) is 17.5 Å². The summed E-state index contributed by atoms with van der Waals surface area (Å²) in [6.45, 7) is 1.53. The lowest BCUT2D eigenvalue weighted by Gasteiger charge is -2.26. The smallest absolute Gasteiger partial charge is 0.190 e. The molecule has 0 spiro atoms. The van der Waals surface area contributed by atoms with E-state index in [0.29, 0.717) is 23.4 Å². The van der Waals surface area contributed by atoms with Gasteiger partial charge in [0.15, 0.2) is 11.5 Å². The number of nitrogens with two attached hydrogens (primary N) is 1. The number of amidine groups is 1. The summed E-state index contributed by atoms with van der Waals surface area (Å²) >= 11 is 0. The number of oxime groups is 1. The van der Waals surface area contributed by atoms with Gasteiger partial charge < -0.3 is 20.2 Å². The topological polar surface area (TPSA) is 111 Å². The summed E-state index contributed by atoms with van der Waals surface area (Å²) in [7, 11) is 0. The fourth-order valence-electron chi connectivity index (χ4n) is 1.82. The van der Waals surface area contributed by atoms with E-state index in [4.69, 9.17) is 15.7 Å². The van der Waals surface area contributed by atoms with Crippen LogP contribution in [0.25, 0.3) is 11.2 Å². The van der Waals surface area contributed by atoms with Gasteiger partial charge in [0.05, 0.1) is 19.0 Å². The Balaban J connectivity index is 1.94. The first-order chi connectivity index (χ1) is 8.78. The first-order valence-electron chi connectivity index (χ1n) is 5.56. The van der Waals surface area contributed by atoms with Gasteiger partial charge >= 0.3 is 0 Å². The Labute approximate surface area is 102 Å². The van der Waals surface area contributed by atoms with Crippen LogP contribution in [0.5, 0.6) is 0 Å². The second kappa shape index (κ2) is 4.22. The van der Waals surface area contributed by atoms with Crippen LogP contribution < -0.4 is 5.73 Å². The van der Waals surface area contributed by atoms with Crippen molar-refractivity contribution < 1.29 is 9.94 Å². The van der Waals surface area contributed by atoms with Gasteiger partial charge in [-0.1, -0.05) is 5.16 Å². The van der Waals surface area contributed by atoms with Crippen molar-refractivity contribution in [2.24, 2.45) is 10.9 Å². The Kier molecular flexibility index (Phi) is 2.56. The highest BCUT2D eigenvalue weighted by molar-refractivity contribution is 5.96. The van der Waals surface area contributed by atoms with Crippen LogP contribution in [0.2, 0.25) is 0 Å². The highest BCUT2D eigenvalue weighted by atomic mass is 16.5. The molecule has 1 saturated heterocycles. The molecular formula is C10H12N6O2. The summed E-state index contributed by atoms with van der Waals surface area (Å²) in [5, 5.41) is 19.4. The maximum Gasteiger partial charge on any atom is 0.190 e. The van der Waals surface area contributed by atoms with Gasteiger partial charge in [-0.25, -0.2) is 4.98 Å². The van der Waals surface area contributed by atoms with Crippen LogP contribution in [0.1, 0.15) is 12.1 Å². The number of fused-ring (bicyclic) bond motifs is 1. The molecule has 94 valence electrons. The van der Waals surface area contributed by atoms with Crippen LogP contribution in [-0.2, 0) is 11.3 Å². The molecule has 0 radical (unpaired) electrons. The van der Waals surface area contributed by atoms with Crippen molar-refractivity contribution in [3.8, 4) is 0 Å². The third-order valence-electron chi connectivity index (χ3n) is 2.93. The molecule has 0 aromatic carbocycles. The van der Waals surface area contributed by atoms with E-state index in [2.05, 4.69) is 20.3 Å². The summed E-state index contributed by atoms with van der Waals surface area (Å²) < 4.78 is 7.25. The number of imidazole rings is 1. The molecule has 8 heteroatoms. The Morgan fingerprint density at radius 2 is 2.44 bits per heavy atom. The van der Waals surface area contributed by atoms with E-state index in [-0.39, 0.29) is 11.9 Å². The Morgan fingerprint density at radius 3 is 3.11 bits per heavy atom. The zero-order valence-electron chi connectivity index (χ0n) is 9.52. The van der Waals surface area contributed by atoms with Crippen LogP contribution in [0.3, 0.4) is 0 Å². The molecule has 1 atom stereocenters. The van der Waals surface area contributed by atoms with E-state index in [0.717, 1.165) is 13.0 Å². The summed E-state index contributed by atoms with van der Waals surface area (Å²) in [6.07, 6.45) is 2.97. The van der Waals surface area contributed by atoms with Crippen LogP contribution in [0, 0.1) is 0 Å². The predicted molar refractivity (Wildman–Crippen MR) is 62.2 cm³/mol. The first kappa shape index (κ1) is 10.9. The lowest BCUT2D eigenvalue weighted by molar-refractivity contribution is -0.0587. The molecule has 8 nitrogen and oxygen atoms in total. The minimum absolute atomic E-state index is 0.0822. The van der Waals surface area contributed by atoms with Crippen molar-refractivity contribution >= 4 is 17.0 Å². The number of nitrogens with zero attached hydrogens (tertiary/aromatic N) is 5. The molecule has 18 heavy (non-hydrogen) atoms. The average molecular weight is 248 g/mol. The molecule has 0 aliphatic carbocycles. The molecule has 3 rings (SSSR count). The zero-order chi connectivity index (χ0) is 12.5. The monoisotopic (exact) mass is 248 g/mol. The molecular weight excluding hydrogens is 236 g/mol. The summed E-state index contributed by atoms with van der Waals surface area (Å²) in [6, 6.07) is 1.63. The van der Waals surface area contributed by atoms with Crippen LogP contribution in [-0.4, -0.2) is 43.5 Å². The molecule has 0 amide bonds. The highest BCUT2D eigenvalue weighted by Gasteiger charge is 2.20. The minimum atomic E-state index is -0.0822. The normalized spacial score (nSPS) is 20.0. The molecule has 1 aliphatic heterocycles. The van der Waals surface area contributed by atoms with Gasteiger partial charge in [-0.2, -0.15) is 0 Å². The second-order valence-corrected chi connectivity index (χ2v) is 4.10. The summed E-state index contributed by atoms with van der Waals surface area (Å²) in [4.78, 5) is 4.22. The van der Waals surface area contributed by atoms with Crippen molar-refractivity contribution in [2.45, 2.75) is 19.1 Å². The number of ether oxygens (including phenoxy) is 1. The van der Waals surface area contributed by atoms with Crippen LogP contribution in [0.4, 0.5) is 0 Å². The van der Waals surface area contributed by atoms with E-state index in [1.165, 1.54) is 0 Å². The standard InChI is InChI=1S/C10H12N6O2/c11-9(15-17)7-3-8-10(14-13-7)16(5-12-8)4-6-1-2-18-6/h3,5-6,17H,1-2,4H2,(H2,11,15). The Morgan fingerprint density at radius 1 is 1.61 bits per heavy atom. The first-order valence-corrected chi connectivity index (χ1v) is 5.56. The number of hydrogen-bond acceptors (Lipinski definition) is 6. The lowest BCUT2D eigenvalue weighted by Crippen LogP contribution is -2.31. The van der Waals surface area contributed by atoms with Crippen molar-refractivity contribution in [3.63, 3.8) is 0 Å². The van der Waals surface area contributed by atoms with Crippen LogP contribution >= 0.6 is 0 Å². The third kappa shape index (κ3) is 1.76. The molecule has 1 unspecified atom stereocenters. The van der Waals surface area contributed by atoms with Gasteiger partial charge in [-0.05, 0) is 12.5 Å². The van der Waals surface area contributed by atoms with Crippen molar-refractivity contribution in [1.82, 2.24) is 19.7 Å². The van der Waals surface area contributed by atoms with Gasteiger partial charge in [0, 0.05) is 6.61 Å². The zero-order valence-corrected chi connectivity index (χ0v) is 9.52. The summed E-state index contributed by atoms with van der Waals surface area (Å²) in [5.74, 6) is -0.0822. The van der Waals surface area contributed by atoms with Gasteiger partial charge in [0.25, 0.3) is 0 Å². The predicted octanol–water partition coefficient (Wildman–Crippen LogP) is -0.290. The fraction of sp³-hybridized carbons (Fsp3) is 0.400. The molecule has 2 aromatic heterocycles. The average Bonchev–Trinajstić information content (AvgIpc) is 2.75. The van der Waals surface area contributed by atoms with Gasteiger partial charge in [-0.15, -0.1) is 10.2 Å². The van der Waals surface area contributed by atoms with Crippen molar-refractivity contribution in [3.05, 3.63) is 18.1 Å². The van der Waals surface area contributed by atoms with Crippen molar-refractivity contribution in [2.75, 3.05) is 6.61 Å². The molecule has 2 aromatic rings. The third-order valence-corrected chi connectivity index (χ3v) is 2.93. The highest BCUT2D eigenvalue weighted by Crippen LogP contribution is 2.16. The molecule has 0 saturated carbocycles.